The number of ether oxygens (including phenoxy) is 1. The number of rotatable bonds is 2. The fourth-order valence-electron chi connectivity index (χ4n) is 2.11. The van der Waals surface area contributed by atoms with E-state index in [9.17, 15) is 4.79 Å². The van der Waals surface area contributed by atoms with Crippen molar-refractivity contribution in [3.05, 3.63) is 76.3 Å². The Morgan fingerprint density at radius 3 is 2.52 bits per heavy atom. The van der Waals surface area contributed by atoms with E-state index in [2.05, 4.69) is 0 Å². The summed E-state index contributed by atoms with van der Waals surface area (Å²) in [4.78, 5) is 12.4. The number of benzene rings is 3. The maximum absolute atomic E-state index is 12.4. The van der Waals surface area contributed by atoms with Crippen LogP contribution in [-0.2, 0) is 0 Å². The average Bonchev–Trinajstić information content (AvgIpc) is 2.50. The lowest BCUT2D eigenvalue weighted by Gasteiger charge is -2.08. The normalized spacial score (nSPS) is 10.6. The summed E-state index contributed by atoms with van der Waals surface area (Å²) in [7, 11) is 0. The molecule has 0 saturated carbocycles. The Balaban J connectivity index is 1.99. The molecule has 0 aliphatic heterocycles. The van der Waals surface area contributed by atoms with E-state index in [1.807, 2.05) is 36.4 Å². The highest BCUT2D eigenvalue weighted by atomic mass is 35.5. The summed E-state index contributed by atoms with van der Waals surface area (Å²) in [5, 5.41) is 2.61. The first-order valence-corrected chi connectivity index (χ1v) is 7.06. The van der Waals surface area contributed by atoms with Gasteiger partial charge in [-0.25, -0.2) is 4.79 Å². The van der Waals surface area contributed by atoms with Gasteiger partial charge in [0.05, 0.1) is 10.6 Å². The highest BCUT2D eigenvalue weighted by Gasteiger charge is 2.14. The van der Waals surface area contributed by atoms with Gasteiger partial charge in [0.1, 0.15) is 0 Å². The minimum atomic E-state index is -0.462. The lowest BCUT2D eigenvalue weighted by Crippen LogP contribution is -2.09. The van der Waals surface area contributed by atoms with Gasteiger partial charge < -0.3 is 4.74 Å². The minimum absolute atomic E-state index is 0.252. The van der Waals surface area contributed by atoms with Crippen molar-refractivity contribution in [2.45, 2.75) is 0 Å². The van der Waals surface area contributed by atoms with E-state index in [1.54, 1.807) is 18.2 Å². The van der Waals surface area contributed by atoms with E-state index in [1.165, 1.54) is 6.07 Å². The summed E-state index contributed by atoms with van der Waals surface area (Å²) in [5.74, 6) is -0.210. The monoisotopic (exact) mass is 316 g/mol. The molecule has 0 N–H and O–H groups in total. The minimum Gasteiger partial charge on any atom is -0.421 e. The first-order chi connectivity index (χ1) is 10.1. The molecular formula is C17H10Cl2O2. The Hall–Kier alpha value is -2.03. The number of hydrogen-bond donors (Lipinski definition) is 0. The van der Waals surface area contributed by atoms with E-state index in [4.69, 9.17) is 27.9 Å². The van der Waals surface area contributed by atoms with E-state index in [-0.39, 0.29) is 5.75 Å². The molecule has 0 unspecified atom stereocenters. The van der Waals surface area contributed by atoms with Crippen molar-refractivity contribution >= 4 is 39.9 Å². The van der Waals surface area contributed by atoms with E-state index >= 15 is 0 Å². The Bertz CT molecular complexity index is 823. The molecule has 2 nitrogen and oxygen atoms in total. The van der Waals surface area contributed by atoms with Gasteiger partial charge in [0.25, 0.3) is 0 Å². The number of esters is 1. The molecule has 0 aliphatic carbocycles. The van der Waals surface area contributed by atoms with E-state index in [0.29, 0.717) is 15.6 Å². The van der Waals surface area contributed by atoms with Crippen LogP contribution in [0.5, 0.6) is 5.75 Å². The van der Waals surface area contributed by atoms with Crippen LogP contribution in [0.15, 0.2) is 60.7 Å². The molecule has 0 radical (unpaired) electrons. The van der Waals surface area contributed by atoms with Crippen LogP contribution in [0.2, 0.25) is 10.0 Å². The zero-order chi connectivity index (χ0) is 14.8. The molecule has 0 saturated heterocycles. The van der Waals surface area contributed by atoms with Crippen LogP contribution in [-0.4, -0.2) is 5.97 Å². The fourth-order valence-corrected chi connectivity index (χ4v) is 2.43. The van der Waals surface area contributed by atoms with Crippen molar-refractivity contribution < 1.29 is 9.53 Å². The Morgan fingerprint density at radius 1 is 0.905 bits per heavy atom. The second-order valence-corrected chi connectivity index (χ2v) is 5.33. The van der Waals surface area contributed by atoms with Gasteiger partial charge in [-0.05, 0) is 29.0 Å². The van der Waals surface area contributed by atoms with Crippen LogP contribution in [0.4, 0.5) is 0 Å². The molecule has 0 amide bonds. The highest BCUT2D eigenvalue weighted by molar-refractivity contribution is 6.34. The van der Waals surface area contributed by atoms with Crippen LogP contribution in [0, 0.1) is 0 Å². The second-order valence-electron chi connectivity index (χ2n) is 4.49. The predicted octanol–water partition coefficient (Wildman–Crippen LogP) is 5.37. The smallest absolute Gasteiger partial charge is 0.344 e. The molecule has 4 heteroatoms. The number of fused-ring (bicyclic) bond motifs is 1. The maximum Gasteiger partial charge on any atom is 0.344 e. The van der Waals surface area contributed by atoms with Crippen molar-refractivity contribution in [1.29, 1.82) is 0 Å². The number of hydrogen-bond acceptors (Lipinski definition) is 2. The molecule has 0 aliphatic rings. The zero-order valence-electron chi connectivity index (χ0n) is 10.8. The SMILES string of the molecule is O=C(Oc1cc(Cl)ccc1Cl)c1cccc2ccccc12. The summed E-state index contributed by atoms with van der Waals surface area (Å²) in [6.07, 6.45) is 0. The maximum atomic E-state index is 12.4. The molecule has 104 valence electrons. The summed E-state index contributed by atoms with van der Waals surface area (Å²) >= 11 is 11.9. The highest BCUT2D eigenvalue weighted by Crippen LogP contribution is 2.29. The van der Waals surface area contributed by atoms with Gasteiger partial charge in [0, 0.05) is 11.1 Å². The zero-order valence-corrected chi connectivity index (χ0v) is 12.4. The van der Waals surface area contributed by atoms with Crippen LogP contribution in [0.1, 0.15) is 10.4 Å². The van der Waals surface area contributed by atoms with Crippen molar-refractivity contribution in [2.75, 3.05) is 0 Å². The molecule has 0 aromatic heterocycles. The molecule has 0 atom stereocenters. The van der Waals surface area contributed by atoms with Gasteiger partial charge in [-0.2, -0.15) is 0 Å². The third kappa shape index (κ3) is 2.87. The molecule has 3 aromatic carbocycles. The molecule has 0 heterocycles. The fraction of sp³-hybridized carbons (Fsp3) is 0. The number of carbonyl (C=O) groups excluding carboxylic acids is 1. The topological polar surface area (TPSA) is 26.3 Å². The lowest BCUT2D eigenvalue weighted by molar-refractivity contribution is 0.0737. The Labute approximate surface area is 131 Å². The number of halogens is 2. The average molecular weight is 317 g/mol. The summed E-state index contributed by atoms with van der Waals surface area (Å²) in [5.41, 5.74) is 0.490. The first-order valence-electron chi connectivity index (χ1n) is 6.30. The first kappa shape index (κ1) is 13.9. The predicted molar refractivity (Wildman–Crippen MR) is 85.4 cm³/mol. The summed E-state index contributed by atoms with van der Waals surface area (Å²) in [6, 6.07) is 17.9. The molecule has 0 spiro atoms. The van der Waals surface area contributed by atoms with E-state index in [0.717, 1.165) is 10.8 Å². The van der Waals surface area contributed by atoms with Gasteiger partial charge in [-0.15, -0.1) is 0 Å². The Morgan fingerprint density at radius 2 is 1.67 bits per heavy atom. The Kier molecular flexibility index (Phi) is 3.82. The second kappa shape index (κ2) is 5.76. The molecule has 3 aromatic rings. The van der Waals surface area contributed by atoms with Gasteiger partial charge in [0.2, 0.25) is 0 Å². The van der Waals surface area contributed by atoms with Gasteiger partial charge in [-0.3, -0.25) is 0 Å². The lowest BCUT2D eigenvalue weighted by atomic mass is 10.0. The van der Waals surface area contributed by atoms with Gasteiger partial charge >= 0.3 is 5.97 Å². The molecule has 21 heavy (non-hydrogen) atoms. The van der Waals surface area contributed by atoms with E-state index < -0.39 is 5.97 Å². The van der Waals surface area contributed by atoms with Crippen molar-refractivity contribution in [1.82, 2.24) is 0 Å². The van der Waals surface area contributed by atoms with Crippen molar-refractivity contribution in [3.8, 4) is 5.75 Å². The van der Waals surface area contributed by atoms with Gasteiger partial charge in [0.15, 0.2) is 5.75 Å². The quantitative estimate of drug-likeness (QED) is 0.469. The largest absolute Gasteiger partial charge is 0.421 e. The van der Waals surface area contributed by atoms with Crippen molar-refractivity contribution in [2.24, 2.45) is 0 Å². The summed E-state index contributed by atoms with van der Waals surface area (Å²) < 4.78 is 5.36. The van der Waals surface area contributed by atoms with Crippen molar-refractivity contribution in [3.63, 3.8) is 0 Å². The molecule has 0 fully saturated rings. The number of carbonyl (C=O) groups is 1. The van der Waals surface area contributed by atoms with Gasteiger partial charge in [-0.1, -0.05) is 59.6 Å². The van der Waals surface area contributed by atoms with Crippen LogP contribution >= 0.6 is 23.2 Å². The molecular weight excluding hydrogens is 307 g/mol. The van der Waals surface area contributed by atoms with Crippen LogP contribution < -0.4 is 4.74 Å². The third-order valence-electron chi connectivity index (χ3n) is 3.11. The van der Waals surface area contributed by atoms with Crippen LogP contribution in [0.3, 0.4) is 0 Å². The summed E-state index contributed by atoms with van der Waals surface area (Å²) in [6.45, 7) is 0. The standard InChI is InChI=1S/C17H10Cl2O2/c18-12-8-9-15(19)16(10-12)21-17(20)14-7-3-5-11-4-1-2-6-13(11)14/h1-10H. The van der Waals surface area contributed by atoms with Crippen LogP contribution in [0.25, 0.3) is 10.8 Å². The molecule has 3 rings (SSSR count). The third-order valence-corrected chi connectivity index (χ3v) is 3.65. The molecule has 0 bridgehead atoms.